The molecule has 0 aliphatic heterocycles. The minimum Gasteiger partial charge on any atom is -0.303 e. The topological polar surface area (TPSA) is 17.1 Å². The first kappa shape index (κ1) is 11.5. The highest BCUT2D eigenvalue weighted by Gasteiger charge is 2.57. The molecule has 1 nitrogen and oxygen atoms in total. The zero-order valence-electron chi connectivity index (χ0n) is 7.61. The van der Waals surface area contributed by atoms with E-state index in [4.69, 9.17) is 0 Å². The van der Waals surface area contributed by atoms with Crippen molar-refractivity contribution in [2.45, 2.75) is 43.9 Å². The summed E-state index contributed by atoms with van der Waals surface area (Å²) in [6.45, 7) is 0. The van der Waals surface area contributed by atoms with E-state index >= 15 is 0 Å². The summed E-state index contributed by atoms with van der Waals surface area (Å²) in [5.41, 5.74) is -3.07. The Morgan fingerprint density at radius 2 is 2.07 bits per heavy atom. The van der Waals surface area contributed by atoms with Crippen LogP contribution in [0.5, 0.6) is 0 Å². The van der Waals surface area contributed by atoms with Gasteiger partial charge >= 0.3 is 6.18 Å². The normalized spacial score (nSPS) is 34.1. The van der Waals surface area contributed by atoms with Gasteiger partial charge in [-0.1, -0.05) is 0 Å². The summed E-state index contributed by atoms with van der Waals surface area (Å²) in [6.07, 6.45) is -4.51. The van der Waals surface area contributed by atoms with Crippen molar-refractivity contribution in [2.75, 3.05) is 0 Å². The molecule has 0 spiro atoms. The number of rotatable bonds is 2. The monoisotopic (exact) mass is 212 g/mol. The van der Waals surface area contributed by atoms with Gasteiger partial charge in [0.05, 0.1) is 0 Å². The standard InChI is InChI=1S/C9H12F4O/c10-8(9(11,12)13)4-1-2-7(6-8)3-5-14/h5,7H,1-4,6H2. The molecular weight excluding hydrogens is 200 g/mol. The Morgan fingerprint density at radius 3 is 2.57 bits per heavy atom. The van der Waals surface area contributed by atoms with Gasteiger partial charge < -0.3 is 4.79 Å². The molecular formula is C9H12F4O. The van der Waals surface area contributed by atoms with Gasteiger partial charge in [0.25, 0.3) is 0 Å². The number of halogens is 4. The fraction of sp³-hybridized carbons (Fsp3) is 0.889. The molecule has 1 saturated carbocycles. The third-order valence-corrected chi connectivity index (χ3v) is 2.74. The van der Waals surface area contributed by atoms with Crippen LogP contribution >= 0.6 is 0 Å². The second-order valence-corrected chi connectivity index (χ2v) is 3.83. The first-order valence-corrected chi connectivity index (χ1v) is 4.58. The molecule has 0 N–H and O–H groups in total. The van der Waals surface area contributed by atoms with Crippen LogP contribution in [0.15, 0.2) is 0 Å². The maximum atomic E-state index is 13.4. The van der Waals surface area contributed by atoms with E-state index in [-0.39, 0.29) is 12.8 Å². The average Bonchev–Trinajstić information content (AvgIpc) is 2.03. The van der Waals surface area contributed by atoms with E-state index < -0.39 is 30.6 Å². The van der Waals surface area contributed by atoms with Gasteiger partial charge in [0.1, 0.15) is 6.29 Å². The van der Waals surface area contributed by atoms with Gasteiger partial charge in [0, 0.05) is 6.42 Å². The summed E-state index contributed by atoms with van der Waals surface area (Å²) in [5.74, 6) is -0.451. The van der Waals surface area contributed by atoms with Crippen LogP contribution in [0.3, 0.4) is 0 Å². The minimum atomic E-state index is -4.80. The van der Waals surface area contributed by atoms with Crippen LogP contribution in [0.1, 0.15) is 32.1 Å². The summed E-state index contributed by atoms with van der Waals surface area (Å²) in [6, 6.07) is 0. The Morgan fingerprint density at radius 1 is 1.43 bits per heavy atom. The third kappa shape index (κ3) is 2.25. The lowest BCUT2D eigenvalue weighted by Crippen LogP contribution is -2.44. The van der Waals surface area contributed by atoms with E-state index in [9.17, 15) is 22.4 Å². The Balaban J connectivity index is 2.67. The Kier molecular flexibility index (Phi) is 3.17. The van der Waals surface area contributed by atoms with Crippen LogP contribution < -0.4 is 0 Å². The van der Waals surface area contributed by atoms with Gasteiger partial charge in [0.15, 0.2) is 0 Å². The van der Waals surface area contributed by atoms with Crippen LogP contribution in [-0.4, -0.2) is 18.1 Å². The molecule has 82 valence electrons. The van der Waals surface area contributed by atoms with Gasteiger partial charge in [-0.05, 0) is 31.6 Å². The van der Waals surface area contributed by atoms with E-state index in [1.807, 2.05) is 0 Å². The fourth-order valence-corrected chi connectivity index (χ4v) is 1.93. The highest BCUT2D eigenvalue weighted by atomic mass is 19.4. The van der Waals surface area contributed by atoms with Crippen molar-refractivity contribution < 1.29 is 22.4 Å². The Labute approximate surface area is 79.5 Å². The Hall–Kier alpha value is -0.610. The average molecular weight is 212 g/mol. The van der Waals surface area contributed by atoms with Crippen molar-refractivity contribution in [2.24, 2.45) is 5.92 Å². The molecule has 0 aromatic heterocycles. The lowest BCUT2D eigenvalue weighted by Gasteiger charge is -2.35. The summed E-state index contributed by atoms with van der Waals surface area (Å²) < 4.78 is 50.2. The SMILES string of the molecule is O=CCC1CCCC(F)(C(F)(F)F)C1. The van der Waals surface area contributed by atoms with E-state index in [2.05, 4.69) is 0 Å². The van der Waals surface area contributed by atoms with Gasteiger partial charge in [-0.3, -0.25) is 0 Å². The molecule has 0 bridgehead atoms. The van der Waals surface area contributed by atoms with Crippen LogP contribution in [-0.2, 0) is 4.79 Å². The van der Waals surface area contributed by atoms with Crippen LogP contribution in [0, 0.1) is 5.92 Å². The van der Waals surface area contributed by atoms with Crippen molar-refractivity contribution in [3.8, 4) is 0 Å². The smallest absolute Gasteiger partial charge is 0.303 e. The number of hydrogen-bond donors (Lipinski definition) is 0. The number of carbonyl (C=O) groups is 1. The molecule has 0 aromatic carbocycles. The summed E-state index contributed by atoms with van der Waals surface area (Å²) in [7, 11) is 0. The molecule has 1 aliphatic rings. The molecule has 5 heteroatoms. The largest absolute Gasteiger partial charge is 0.422 e. The number of aldehydes is 1. The van der Waals surface area contributed by atoms with Crippen molar-refractivity contribution in [1.82, 2.24) is 0 Å². The van der Waals surface area contributed by atoms with Crippen molar-refractivity contribution in [3.63, 3.8) is 0 Å². The lowest BCUT2D eigenvalue weighted by atomic mass is 9.78. The number of hydrogen-bond acceptors (Lipinski definition) is 1. The van der Waals surface area contributed by atoms with E-state index in [0.717, 1.165) is 0 Å². The van der Waals surface area contributed by atoms with Crippen LogP contribution in [0.2, 0.25) is 0 Å². The molecule has 0 radical (unpaired) electrons. The van der Waals surface area contributed by atoms with E-state index in [0.29, 0.717) is 12.7 Å². The number of carbonyl (C=O) groups excluding carboxylic acids is 1. The fourth-order valence-electron chi connectivity index (χ4n) is 1.93. The lowest BCUT2D eigenvalue weighted by molar-refractivity contribution is -0.244. The quantitative estimate of drug-likeness (QED) is 0.508. The van der Waals surface area contributed by atoms with Gasteiger partial charge in [-0.2, -0.15) is 13.2 Å². The molecule has 1 aliphatic carbocycles. The molecule has 0 aromatic rings. The predicted octanol–water partition coefficient (Wildman–Crippen LogP) is 3.04. The maximum Gasteiger partial charge on any atom is 0.422 e. The highest BCUT2D eigenvalue weighted by molar-refractivity contribution is 5.49. The first-order valence-electron chi connectivity index (χ1n) is 4.58. The van der Waals surface area contributed by atoms with E-state index in [1.54, 1.807) is 0 Å². The molecule has 14 heavy (non-hydrogen) atoms. The zero-order valence-corrected chi connectivity index (χ0v) is 7.61. The molecule has 0 amide bonds. The summed E-state index contributed by atoms with van der Waals surface area (Å²) in [5, 5.41) is 0. The minimum absolute atomic E-state index is 0.0295. The van der Waals surface area contributed by atoms with Crippen molar-refractivity contribution >= 4 is 6.29 Å². The van der Waals surface area contributed by atoms with Crippen molar-refractivity contribution in [3.05, 3.63) is 0 Å². The maximum absolute atomic E-state index is 13.4. The molecule has 2 atom stereocenters. The molecule has 2 unspecified atom stereocenters. The van der Waals surface area contributed by atoms with Gasteiger partial charge in [-0.25, -0.2) is 4.39 Å². The van der Waals surface area contributed by atoms with Crippen LogP contribution in [0.25, 0.3) is 0 Å². The predicted molar refractivity (Wildman–Crippen MR) is 42.5 cm³/mol. The van der Waals surface area contributed by atoms with Gasteiger partial charge in [-0.15, -0.1) is 0 Å². The van der Waals surface area contributed by atoms with Gasteiger partial charge in [0.2, 0.25) is 5.67 Å². The summed E-state index contributed by atoms with van der Waals surface area (Å²) in [4.78, 5) is 10.1. The second-order valence-electron chi connectivity index (χ2n) is 3.83. The second kappa shape index (κ2) is 3.87. The molecule has 1 fully saturated rings. The number of alkyl halides is 4. The Bertz CT molecular complexity index is 213. The van der Waals surface area contributed by atoms with Crippen LogP contribution in [0.4, 0.5) is 17.6 Å². The third-order valence-electron chi connectivity index (χ3n) is 2.74. The summed E-state index contributed by atoms with van der Waals surface area (Å²) >= 11 is 0. The molecule has 1 rings (SSSR count). The molecule has 0 saturated heterocycles. The molecule has 0 heterocycles. The highest BCUT2D eigenvalue weighted by Crippen LogP contribution is 2.46. The zero-order chi connectivity index (χ0) is 10.8. The van der Waals surface area contributed by atoms with Crippen molar-refractivity contribution in [1.29, 1.82) is 0 Å². The van der Waals surface area contributed by atoms with E-state index in [1.165, 1.54) is 0 Å². The first-order chi connectivity index (χ1) is 6.39.